The Kier molecular flexibility index (Phi) is 9.41. The zero-order chi connectivity index (χ0) is 25.2. The van der Waals surface area contributed by atoms with Crippen LogP contribution < -0.4 is 10.1 Å². The van der Waals surface area contributed by atoms with Gasteiger partial charge in [-0.05, 0) is 46.9 Å². The van der Waals surface area contributed by atoms with Crippen LogP contribution in [-0.2, 0) is 29.0 Å². The van der Waals surface area contributed by atoms with E-state index >= 15 is 0 Å². The molecule has 0 saturated carbocycles. The van der Waals surface area contributed by atoms with Crippen LogP contribution in [0.3, 0.4) is 0 Å². The summed E-state index contributed by atoms with van der Waals surface area (Å²) in [7, 11) is 1.59. The predicted molar refractivity (Wildman–Crippen MR) is 135 cm³/mol. The van der Waals surface area contributed by atoms with E-state index in [1.54, 1.807) is 24.1 Å². The van der Waals surface area contributed by atoms with Crippen LogP contribution in [0.25, 0.3) is 0 Å². The lowest BCUT2D eigenvalue weighted by atomic mass is 10.0. The molecule has 0 aromatic heterocycles. The van der Waals surface area contributed by atoms with E-state index in [0.29, 0.717) is 24.3 Å². The largest absolute Gasteiger partial charge is 0.497 e. The van der Waals surface area contributed by atoms with Gasteiger partial charge in [0.2, 0.25) is 11.8 Å². The molecular weight excluding hydrogens is 443 g/mol. The normalized spacial score (nSPS) is 11.7. The van der Waals surface area contributed by atoms with E-state index in [9.17, 15) is 14.0 Å². The van der Waals surface area contributed by atoms with Crippen LogP contribution >= 0.6 is 0 Å². The number of nitrogens with zero attached hydrogens (tertiary/aromatic N) is 1. The van der Waals surface area contributed by atoms with Crippen LogP contribution in [0.5, 0.6) is 5.75 Å². The summed E-state index contributed by atoms with van der Waals surface area (Å²) in [5.74, 6) is 0.192. The van der Waals surface area contributed by atoms with Gasteiger partial charge in [0.05, 0.1) is 13.5 Å². The van der Waals surface area contributed by atoms with E-state index < -0.39 is 6.04 Å². The van der Waals surface area contributed by atoms with Crippen LogP contribution in [0, 0.1) is 11.7 Å². The van der Waals surface area contributed by atoms with Crippen LogP contribution in [0.2, 0.25) is 0 Å². The summed E-state index contributed by atoms with van der Waals surface area (Å²) in [6.45, 7) is 4.81. The summed E-state index contributed by atoms with van der Waals surface area (Å²) in [4.78, 5) is 28.7. The molecule has 2 amide bonds. The van der Waals surface area contributed by atoms with Gasteiger partial charge in [0.25, 0.3) is 0 Å². The molecule has 1 unspecified atom stereocenters. The second kappa shape index (κ2) is 12.7. The molecule has 6 heteroatoms. The van der Waals surface area contributed by atoms with Crippen molar-refractivity contribution >= 4 is 11.8 Å². The molecule has 0 aliphatic heterocycles. The summed E-state index contributed by atoms with van der Waals surface area (Å²) in [6, 6.07) is 22.3. The second-order valence-corrected chi connectivity index (χ2v) is 9.02. The summed E-state index contributed by atoms with van der Waals surface area (Å²) in [5, 5.41) is 3.01. The predicted octanol–water partition coefficient (Wildman–Crippen LogP) is 4.79. The highest BCUT2D eigenvalue weighted by molar-refractivity contribution is 5.88. The molecule has 0 spiro atoms. The van der Waals surface area contributed by atoms with Crippen molar-refractivity contribution in [2.45, 2.75) is 39.3 Å². The lowest BCUT2D eigenvalue weighted by Gasteiger charge is -2.32. The number of hydrogen-bond acceptors (Lipinski definition) is 3. The van der Waals surface area contributed by atoms with Gasteiger partial charge in [-0.25, -0.2) is 4.39 Å². The van der Waals surface area contributed by atoms with Gasteiger partial charge in [0.15, 0.2) is 0 Å². The van der Waals surface area contributed by atoms with E-state index in [-0.39, 0.29) is 36.5 Å². The third-order valence-corrected chi connectivity index (χ3v) is 5.71. The maximum absolute atomic E-state index is 13.7. The van der Waals surface area contributed by atoms with Gasteiger partial charge >= 0.3 is 0 Å². The average molecular weight is 477 g/mol. The fraction of sp³-hybridized carbons (Fsp3) is 0.310. The number of methoxy groups -OCH3 is 1. The van der Waals surface area contributed by atoms with Crippen molar-refractivity contribution in [2.75, 3.05) is 13.7 Å². The number of rotatable bonds is 11. The number of amides is 2. The van der Waals surface area contributed by atoms with E-state index in [0.717, 1.165) is 11.1 Å². The Morgan fingerprint density at radius 1 is 0.914 bits per heavy atom. The Hall–Kier alpha value is -3.67. The molecule has 0 heterocycles. The molecule has 184 valence electrons. The SMILES string of the molecule is COc1cccc(CN(C(=O)Cc2ccc(F)cc2)C(Cc2ccccc2)C(=O)NCC(C)C)c1. The van der Waals surface area contributed by atoms with Crippen LogP contribution in [-0.4, -0.2) is 36.4 Å². The molecular formula is C29H33FN2O3. The zero-order valence-corrected chi connectivity index (χ0v) is 20.5. The summed E-state index contributed by atoms with van der Waals surface area (Å²) >= 11 is 0. The van der Waals surface area contributed by atoms with Crippen molar-refractivity contribution in [2.24, 2.45) is 5.92 Å². The molecule has 35 heavy (non-hydrogen) atoms. The van der Waals surface area contributed by atoms with Crippen molar-refractivity contribution in [3.8, 4) is 5.75 Å². The van der Waals surface area contributed by atoms with Crippen molar-refractivity contribution < 1.29 is 18.7 Å². The van der Waals surface area contributed by atoms with Gasteiger partial charge in [-0.15, -0.1) is 0 Å². The first-order valence-electron chi connectivity index (χ1n) is 11.8. The highest BCUT2D eigenvalue weighted by atomic mass is 19.1. The first-order valence-corrected chi connectivity index (χ1v) is 11.8. The third-order valence-electron chi connectivity index (χ3n) is 5.71. The highest BCUT2D eigenvalue weighted by Crippen LogP contribution is 2.19. The van der Waals surface area contributed by atoms with Gasteiger partial charge in [0, 0.05) is 19.5 Å². The molecule has 0 saturated heterocycles. The molecule has 0 bridgehead atoms. The number of carbonyl (C=O) groups excluding carboxylic acids is 2. The van der Waals surface area contributed by atoms with E-state index in [4.69, 9.17) is 4.74 Å². The number of nitrogens with one attached hydrogen (secondary N) is 1. The van der Waals surface area contributed by atoms with Gasteiger partial charge < -0.3 is 15.0 Å². The summed E-state index contributed by atoms with van der Waals surface area (Å²) in [5.41, 5.74) is 2.50. The molecule has 0 fully saturated rings. The fourth-order valence-electron chi connectivity index (χ4n) is 3.82. The van der Waals surface area contributed by atoms with Crippen LogP contribution in [0.15, 0.2) is 78.9 Å². The Morgan fingerprint density at radius 3 is 2.26 bits per heavy atom. The molecule has 0 radical (unpaired) electrons. The summed E-state index contributed by atoms with van der Waals surface area (Å²) in [6.07, 6.45) is 0.441. The Balaban J connectivity index is 1.96. The maximum atomic E-state index is 13.7. The topological polar surface area (TPSA) is 58.6 Å². The van der Waals surface area contributed by atoms with Crippen molar-refractivity contribution in [3.63, 3.8) is 0 Å². The number of benzene rings is 3. The second-order valence-electron chi connectivity index (χ2n) is 9.02. The molecule has 5 nitrogen and oxygen atoms in total. The van der Waals surface area contributed by atoms with E-state index in [2.05, 4.69) is 5.32 Å². The molecule has 1 N–H and O–H groups in total. The number of ether oxygens (including phenoxy) is 1. The average Bonchev–Trinajstić information content (AvgIpc) is 2.86. The standard InChI is InChI=1S/C29H33FN2O3/c1-21(2)19-31-29(34)27(17-22-8-5-4-6-9-22)32(20-24-10-7-11-26(16-24)35-3)28(33)18-23-12-14-25(30)15-13-23/h4-16,21,27H,17-20H2,1-3H3,(H,31,34). The number of carbonyl (C=O) groups is 2. The van der Waals surface area contributed by atoms with E-state index in [1.165, 1.54) is 12.1 Å². The molecule has 3 rings (SSSR count). The molecule has 3 aromatic rings. The van der Waals surface area contributed by atoms with Crippen molar-refractivity contribution in [1.29, 1.82) is 0 Å². The highest BCUT2D eigenvalue weighted by Gasteiger charge is 2.30. The first-order chi connectivity index (χ1) is 16.9. The molecule has 1 atom stereocenters. The van der Waals surface area contributed by atoms with Crippen molar-refractivity contribution in [1.82, 2.24) is 10.2 Å². The van der Waals surface area contributed by atoms with Crippen LogP contribution in [0.4, 0.5) is 4.39 Å². The Labute approximate surface area is 206 Å². The number of halogens is 1. The maximum Gasteiger partial charge on any atom is 0.243 e. The fourth-order valence-corrected chi connectivity index (χ4v) is 3.82. The minimum absolute atomic E-state index is 0.0625. The quantitative estimate of drug-likeness (QED) is 0.433. The number of hydrogen-bond donors (Lipinski definition) is 1. The smallest absolute Gasteiger partial charge is 0.243 e. The minimum atomic E-state index is -0.713. The molecule has 0 aliphatic carbocycles. The molecule has 0 aliphatic rings. The van der Waals surface area contributed by atoms with E-state index in [1.807, 2.05) is 68.4 Å². The third kappa shape index (κ3) is 7.95. The van der Waals surface area contributed by atoms with Gasteiger partial charge in [-0.3, -0.25) is 9.59 Å². The lowest BCUT2D eigenvalue weighted by Crippen LogP contribution is -2.51. The molecule has 3 aromatic carbocycles. The monoisotopic (exact) mass is 476 g/mol. The first kappa shape index (κ1) is 25.9. The lowest BCUT2D eigenvalue weighted by molar-refractivity contribution is -0.140. The van der Waals surface area contributed by atoms with Gasteiger partial charge in [0.1, 0.15) is 17.6 Å². The van der Waals surface area contributed by atoms with Gasteiger partial charge in [-0.1, -0.05) is 68.4 Å². The Bertz CT molecular complexity index is 1100. The summed E-state index contributed by atoms with van der Waals surface area (Å²) < 4.78 is 18.8. The zero-order valence-electron chi connectivity index (χ0n) is 20.5. The minimum Gasteiger partial charge on any atom is -0.497 e. The van der Waals surface area contributed by atoms with Gasteiger partial charge in [-0.2, -0.15) is 0 Å². The Morgan fingerprint density at radius 2 is 1.60 bits per heavy atom. The van der Waals surface area contributed by atoms with Crippen LogP contribution in [0.1, 0.15) is 30.5 Å². The van der Waals surface area contributed by atoms with Crippen molar-refractivity contribution in [3.05, 3.63) is 101 Å².